The molecule has 128 valence electrons. The number of fused-ring (bicyclic) bond motifs is 1. The third-order valence-electron chi connectivity index (χ3n) is 3.46. The minimum atomic E-state index is -1.11. The summed E-state index contributed by atoms with van der Waals surface area (Å²) in [5, 5.41) is 6.60. The van der Waals surface area contributed by atoms with Crippen LogP contribution in [0, 0.1) is 11.6 Å². The molecule has 25 heavy (non-hydrogen) atoms. The van der Waals surface area contributed by atoms with Crippen LogP contribution in [-0.4, -0.2) is 28.1 Å². The predicted octanol–water partition coefficient (Wildman–Crippen LogP) is 3.04. The van der Waals surface area contributed by atoms with E-state index in [2.05, 4.69) is 10.4 Å². The number of ether oxygens (including phenoxy) is 1. The number of pyridine rings is 1. The van der Waals surface area contributed by atoms with E-state index in [1.54, 1.807) is 19.2 Å². The van der Waals surface area contributed by atoms with Crippen LogP contribution in [-0.2, 0) is 4.74 Å². The van der Waals surface area contributed by atoms with E-state index in [0.717, 1.165) is 12.1 Å². The molecule has 0 aliphatic rings. The fourth-order valence-corrected chi connectivity index (χ4v) is 2.27. The molecule has 3 rings (SSSR count). The van der Waals surface area contributed by atoms with Crippen molar-refractivity contribution in [3.8, 4) is 0 Å². The van der Waals surface area contributed by atoms with Gasteiger partial charge in [0, 0.05) is 17.4 Å². The Labute approximate surface area is 141 Å². The Morgan fingerprint density at radius 3 is 2.72 bits per heavy atom. The minimum Gasteiger partial charge on any atom is -0.462 e. The molecule has 1 aromatic carbocycles. The fourth-order valence-electron chi connectivity index (χ4n) is 2.27. The number of hydrogen-bond donors (Lipinski definition) is 1. The van der Waals surface area contributed by atoms with Gasteiger partial charge in [0.1, 0.15) is 5.56 Å². The number of nitrogens with one attached hydrogen (secondary N) is 1. The molecule has 0 atom stereocenters. The van der Waals surface area contributed by atoms with Gasteiger partial charge in [0.05, 0.1) is 18.3 Å². The summed E-state index contributed by atoms with van der Waals surface area (Å²) in [6.45, 7) is 1.92. The first-order valence-electron chi connectivity index (χ1n) is 7.40. The summed E-state index contributed by atoms with van der Waals surface area (Å²) >= 11 is 0. The minimum absolute atomic E-state index is 0.0297. The van der Waals surface area contributed by atoms with E-state index in [9.17, 15) is 18.4 Å². The number of nitrogens with zero attached hydrogens (tertiary/aromatic N) is 2. The summed E-state index contributed by atoms with van der Waals surface area (Å²) in [6, 6.07) is 5.97. The second-order valence-electron chi connectivity index (χ2n) is 5.11. The first kappa shape index (κ1) is 16.6. The van der Waals surface area contributed by atoms with Gasteiger partial charge in [-0.3, -0.25) is 4.79 Å². The first-order chi connectivity index (χ1) is 12.0. The van der Waals surface area contributed by atoms with Gasteiger partial charge in [0.2, 0.25) is 0 Å². The van der Waals surface area contributed by atoms with E-state index in [0.29, 0.717) is 11.2 Å². The maximum atomic E-state index is 13.2. The number of esters is 1. The van der Waals surface area contributed by atoms with Crippen LogP contribution in [0.3, 0.4) is 0 Å². The number of halogens is 2. The van der Waals surface area contributed by atoms with E-state index in [1.807, 2.05) is 0 Å². The van der Waals surface area contributed by atoms with Crippen LogP contribution in [0.4, 0.5) is 14.5 Å². The quantitative estimate of drug-likeness (QED) is 0.738. The molecule has 0 saturated heterocycles. The van der Waals surface area contributed by atoms with Gasteiger partial charge in [-0.1, -0.05) is 0 Å². The first-order valence-corrected chi connectivity index (χ1v) is 7.40. The lowest BCUT2D eigenvalue weighted by Crippen LogP contribution is -2.13. The lowest BCUT2D eigenvalue weighted by Gasteiger charge is -2.07. The largest absolute Gasteiger partial charge is 0.462 e. The van der Waals surface area contributed by atoms with Crippen molar-refractivity contribution < 1.29 is 23.1 Å². The zero-order valence-corrected chi connectivity index (χ0v) is 13.1. The number of anilines is 1. The summed E-state index contributed by atoms with van der Waals surface area (Å²) in [5.41, 5.74) is 1.04. The van der Waals surface area contributed by atoms with Crippen molar-refractivity contribution in [2.75, 3.05) is 11.9 Å². The van der Waals surface area contributed by atoms with Crippen molar-refractivity contribution in [3.05, 3.63) is 65.5 Å². The smallest absolute Gasteiger partial charge is 0.341 e. The topological polar surface area (TPSA) is 72.7 Å². The van der Waals surface area contributed by atoms with Gasteiger partial charge in [-0.25, -0.2) is 18.1 Å². The Morgan fingerprint density at radius 1 is 1.20 bits per heavy atom. The Kier molecular flexibility index (Phi) is 4.42. The summed E-state index contributed by atoms with van der Waals surface area (Å²) < 4.78 is 32.6. The van der Waals surface area contributed by atoms with E-state index >= 15 is 0 Å². The van der Waals surface area contributed by atoms with E-state index in [1.165, 1.54) is 22.8 Å². The Morgan fingerprint density at radius 2 is 2.00 bits per heavy atom. The highest BCUT2D eigenvalue weighted by atomic mass is 19.2. The van der Waals surface area contributed by atoms with Crippen LogP contribution in [0.25, 0.3) is 5.52 Å². The zero-order chi connectivity index (χ0) is 18.0. The average molecular weight is 345 g/mol. The molecule has 2 aromatic heterocycles. The van der Waals surface area contributed by atoms with E-state index in [4.69, 9.17) is 4.74 Å². The monoisotopic (exact) mass is 345 g/mol. The number of carbonyl (C=O) groups excluding carboxylic acids is 2. The molecule has 0 unspecified atom stereocenters. The Hall–Kier alpha value is -3.29. The molecule has 1 amide bonds. The highest BCUT2D eigenvalue weighted by Crippen LogP contribution is 2.18. The molecular weight excluding hydrogens is 332 g/mol. The standard InChI is InChI=1S/C17H13F2N3O3/c1-2-25-17(24)12-9-20-22-6-5-11(8-15(12)22)21-16(23)10-3-4-13(18)14(19)7-10/h3-9H,2H2,1H3,(H,21,23). The summed E-state index contributed by atoms with van der Waals surface area (Å²) in [5.74, 6) is -3.28. The number of aromatic nitrogens is 2. The lowest BCUT2D eigenvalue weighted by molar-refractivity contribution is 0.0528. The molecule has 0 aliphatic carbocycles. The molecule has 0 saturated carbocycles. The van der Waals surface area contributed by atoms with Gasteiger partial charge >= 0.3 is 5.97 Å². The normalized spacial score (nSPS) is 10.7. The third kappa shape index (κ3) is 3.32. The number of carbonyl (C=O) groups is 2. The van der Waals surface area contributed by atoms with Crippen LogP contribution < -0.4 is 5.32 Å². The molecule has 2 heterocycles. The molecule has 0 spiro atoms. The van der Waals surface area contributed by atoms with E-state index in [-0.39, 0.29) is 17.7 Å². The van der Waals surface area contributed by atoms with Crippen molar-refractivity contribution in [2.45, 2.75) is 6.92 Å². The maximum Gasteiger partial charge on any atom is 0.341 e. The third-order valence-corrected chi connectivity index (χ3v) is 3.46. The summed E-state index contributed by atoms with van der Waals surface area (Å²) in [4.78, 5) is 24.1. The van der Waals surface area contributed by atoms with Crippen LogP contribution in [0.5, 0.6) is 0 Å². The van der Waals surface area contributed by atoms with Crippen molar-refractivity contribution >= 4 is 23.1 Å². The van der Waals surface area contributed by atoms with Gasteiger partial charge in [0.25, 0.3) is 5.91 Å². The number of benzene rings is 1. The van der Waals surface area contributed by atoms with Crippen LogP contribution >= 0.6 is 0 Å². The summed E-state index contributed by atoms with van der Waals surface area (Å²) in [7, 11) is 0. The number of rotatable bonds is 4. The molecule has 6 nitrogen and oxygen atoms in total. The zero-order valence-electron chi connectivity index (χ0n) is 13.1. The van der Waals surface area contributed by atoms with Crippen molar-refractivity contribution in [1.29, 1.82) is 0 Å². The van der Waals surface area contributed by atoms with Crippen LogP contribution in [0.2, 0.25) is 0 Å². The molecule has 3 aromatic rings. The number of amides is 1. The molecule has 0 aliphatic heterocycles. The molecular formula is C17H13F2N3O3. The SMILES string of the molecule is CCOC(=O)c1cnn2ccc(NC(=O)c3ccc(F)c(F)c3)cc12. The molecule has 0 fully saturated rings. The van der Waals surface area contributed by atoms with Crippen LogP contribution in [0.1, 0.15) is 27.6 Å². The van der Waals surface area contributed by atoms with Gasteiger partial charge in [0.15, 0.2) is 11.6 Å². The fraction of sp³-hybridized carbons (Fsp3) is 0.118. The van der Waals surface area contributed by atoms with E-state index < -0.39 is 23.5 Å². The Balaban J connectivity index is 1.88. The van der Waals surface area contributed by atoms with Crippen LogP contribution in [0.15, 0.2) is 42.7 Å². The second-order valence-corrected chi connectivity index (χ2v) is 5.11. The van der Waals surface area contributed by atoms with Gasteiger partial charge in [-0.05, 0) is 37.3 Å². The van der Waals surface area contributed by atoms with Gasteiger partial charge in [-0.2, -0.15) is 5.10 Å². The van der Waals surface area contributed by atoms with Crippen molar-refractivity contribution in [1.82, 2.24) is 9.61 Å². The highest BCUT2D eigenvalue weighted by molar-refractivity contribution is 6.05. The molecule has 1 N–H and O–H groups in total. The maximum absolute atomic E-state index is 13.2. The van der Waals surface area contributed by atoms with Crippen molar-refractivity contribution in [3.63, 3.8) is 0 Å². The van der Waals surface area contributed by atoms with Gasteiger partial charge in [-0.15, -0.1) is 0 Å². The highest BCUT2D eigenvalue weighted by Gasteiger charge is 2.15. The van der Waals surface area contributed by atoms with Gasteiger partial charge < -0.3 is 10.1 Å². The molecule has 0 radical (unpaired) electrons. The second kappa shape index (κ2) is 6.68. The predicted molar refractivity (Wildman–Crippen MR) is 85.5 cm³/mol. The average Bonchev–Trinajstić information content (AvgIpc) is 3.00. The van der Waals surface area contributed by atoms with Crippen molar-refractivity contribution in [2.24, 2.45) is 0 Å². The molecule has 8 heteroatoms. The molecule has 0 bridgehead atoms. The lowest BCUT2D eigenvalue weighted by atomic mass is 10.2. The number of hydrogen-bond acceptors (Lipinski definition) is 4. The summed E-state index contributed by atoms with van der Waals surface area (Å²) in [6.07, 6.45) is 2.92. The Bertz CT molecular complexity index is 969.